The van der Waals surface area contributed by atoms with Crippen molar-refractivity contribution in [1.82, 2.24) is 0 Å². The Balaban J connectivity index is 2.07. The lowest BCUT2D eigenvalue weighted by Gasteiger charge is -2.35. The molecule has 0 saturated heterocycles. The Morgan fingerprint density at radius 3 is 2.91 bits per heavy atom. The van der Waals surface area contributed by atoms with Crippen molar-refractivity contribution in [3.8, 4) is 0 Å². The van der Waals surface area contributed by atoms with Crippen LogP contribution in [-0.2, 0) is 0 Å². The van der Waals surface area contributed by atoms with Gasteiger partial charge in [0.1, 0.15) is 0 Å². The summed E-state index contributed by atoms with van der Waals surface area (Å²) in [5.74, 6) is 0.797. The summed E-state index contributed by atoms with van der Waals surface area (Å²) < 4.78 is 0. The molecule has 11 heavy (non-hydrogen) atoms. The highest BCUT2D eigenvalue weighted by atomic mass is 15.2. The Labute approximate surface area is 66.4 Å². The van der Waals surface area contributed by atoms with E-state index in [0.29, 0.717) is 12.1 Å². The van der Waals surface area contributed by atoms with Crippen LogP contribution in [0.1, 0.15) is 25.7 Å². The van der Waals surface area contributed by atoms with Gasteiger partial charge < -0.3 is 0 Å². The highest BCUT2D eigenvalue weighted by Crippen LogP contribution is 2.44. The molecule has 2 heterocycles. The number of nitrogens with zero attached hydrogens (tertiary/aromatic N) is 2. The number of azo groups is 1. The van der Waals surface area contributed by atoms with Gasteiger partial charge in [0.25, 0.3) is 0 Å². The van der Waals surface area contributed by atoms with Crippen LogP contribution in [0.15, 0.2) is 21.9 Å². The minimum absolute atomic E-state index is 0.493. The average Bonchev–Trinajstić information content (AvgIpc) is 2.55. The first-order valence-electron chi connectivity index (χ1n) is 4.55. The molecule has 0 spiro atoms. The maximum absolute atomic E-state index is 4.32. The first kappa shape index (κ1) is 5.92. The van der Waals surface area contributed by atoms with Gasteiger partial charge in [0.05, 0.1) is 12.1 Å². The standard InChI is InChI=1S/C9H12N2/c1-2-6-7(3-1)9-5-4-8(6)10-11-9/h2,7-9H,1,3-5H2. The van der Waals surface area contributed by atoms with Crippen LogP contribution < -0.4 is 0 Å². The molecule has 1 saturated carbocycles. The number of hydrogen-bond donors (Lipinski definition) is 0. The third-order valence-corrected chi connectivity index (χ3v) is 3.23. The SMILES string of the molecule is C1=C2C3CCC(N=N3)C2CC1. The van der Waals surface area contributed by atoms with Crippen LogP contribution in [0.25, 0.3) is 0 Å². The van der Waals surface area contributed by atoms with E-state index in [9.17, 15) is 0 Å². The third-order valence-electron chi connectivity index (χ3n) is 3.23. The summed E-state index contributed by atoms with van der Waals surface area (Å²) in [5, 5.41) is 8.62. The van der Waals surface area contributed by atoms with E-state index in [1.807, 2.05) is 0 Å². The molecule has 2 bridgehead atoms. The maximum Gasteiger partial charge on any atom is 0.0922 e. The molecule has 3 atom stereocenters. The van der Waals surface area contributed by atoms with Crippen LogP contribution >= 0.6 is 0 Å². The summed E-state index contributed by atoms with van der Waals surface area (Å²) in [6.45, 7) is 0. The van der Waals surface area contributed by atoms with Crippen molar-refractivity contribution >= 4 is 0 Å². The van der Waals surface area contributed by atoms with E-state index in [0.717, 1.165) is 5.92 Å². The zero-order valence-electron chi connectivity index (χ0n) is 6.53. The summed E-state index contributed by atoms with van der Waals surface area (Å²) in [4.78, 5) is 0. The minimum Gasteiger partial charge on any atom is -0.190 e. The Hall–Kier alpha value is -0.660. The van der Waals surface area contributed by atoms with Crippen molar-refractivity contribution in [3.05, 3.63) is 11.6 Å². The van der Waals surface area contributed by atoms with Crippen LogP contribution in [-0.4, -0.2) is 12.1 Å². The molecule has 2 aliphatic carbocycles. The predicted octanol–water partition coefficient (Wildman–Crippen LogP) is 2.32. The zero-order chi connectivity index (χ0) is 7.26. The quantitative estimate of drug-likeness (QED) is 0.471. The van der Waals surface area contributed by atoms with Crippen molar-refractivity contribution in [2.75, 3.05) is 0 Å². The lowest BCUT2D eigenvalue weighted by molar-refractivity contribution is 0.307. The van der Waals surface area contributed by atoms with Gasteiger partial charge in [-0.1, -0.05) is 6.08 Å². The van der Waals surface area contributed by atoms with E-state index >= 15 is 0 Å². The fourth-order valence-electron chi connectivity index (χ4n) is 2.67. The third kappa shape index (κ3) is 0.673. The first-order valence-corrected chi connectivity index (χ1v) is 4.55. The van der Waals surface area contributed by atoms with Gasteiger partial charge in [0, 0.05) is 5.92 Å². The van der Waals surface area contributed by atoms with Gasteiger partial charge in [0.15, 0.2) is 0 Å². The van der Waals surface area contributed by atoms with Crippen molar-refractivity contribution in [1.29, 1.82) is 0 Å². The Morgan fingerprint density at radius 1 is 1.18 bits per heavy atom. The summed E-state index contributed by atoms with van der Waals surface area (Å²) in [6, 6.07) is 1.06. The topological polar surface area (TPSA) is 24.7 Å². The average molecular weight is 148 g/mol. The molecule has 4 rings (SSSR count). The van der Waals surface area contributed by atoms with Crippen LogP contribution in [0.4, 0.5) is 0 Å². The Kier molecular flexibility index (Phi) is 1.04. The van der Waals surface area contributed by atoms with Gasteiger partial charge in [-0.25, -0.2) is 0 Å². The second kappa shape index (κ2) is 1.93. The van der Waals surface area contributed by atoms with E-state index in [-0.39, 0.29) is 0 Å². The molecule has 0 aromatic rings. The highest BCUT2D eigenvalue weighted by Gasteiger charge is 2.40. The maximum atomic E-state index is 4.32. The second-order valence-electron chi connectivity index (χ2n) is 3.78. The van der Waals surface area contributed by atoms with Gasteiger partial charge in [0.2, 0.25) is 0 Å². The van der Waals surface area contributed by atoms with E-state index in [1.54, 1.807) is 5.57 Å². The monoisotopic (exact) mass is 148 g/mol. The molecule has 1 fully saturated rings. The predicted molar refractivity (Wildman–Crippen MR) is 42.5 cm³/mol. The largest absolute Gasteiger partial charge is 0.190 e. The molecule has 2 nitrogen and oxygen atoms in total. The molecular formula is C9H12N2. The van der Waals surface area contributed by atoms with Crippen LogP contribution in [0.2, 0.25) is 0 Å². The molecule has 3 unspecified atom stereocenters. The van der Waals surface area contributed by atoms with E-state index in [1.165, 1.54) is 25.7 Å². The molecule has 2 aliphatic heterocycles. The van der Waals surface area contributed by atoms with E-state index in [4.69, 9.17) is 0 Å². The molecule has 0 aromatic carbocycles. The second-order valence-corrected chi connectivity index (χ2v) is 3.78. The summed E-state index contributed by atoms with van der Waals surface area (Å²) in [7, 11) is 0. The van der Waals surface area contributed by atoms with E-state index < -0.39 is 0 Å². The fourth-order valence-corrected chi connectivity index (χ4v) is 2.67. The van der Waals surface area contributed by atoms with E-state index in [2.05, 4.69) is 16.3 Å². The summed E-state index contributed by atoms with van der Waals surface area (Å²) >= 11 is 0. The molecular weight excluding hydrogens is 136 g/mol. The molecule has 0 amide bonds. The van der Waals surface area contributed by atoms with Gasteiger partial charge in [-0.2, -0.15) is 10.2 Å². The number of rotatable bonds is 0. The number of fused-ring (bicyclic) bond motifs is 1. The summed E-state index contributed by atoms with van der Waals surface area (Å²) in [6.07, 6.45) is 7.57. The van der Waals surface area contributed by atoms with Crippen LogP contribution in [0.3, 0.4) is 0 Å². The summed E-state index contributed by atoms with van der Waals surface area (Å²) in [5.41, 5.74) is 1.62. The van der Waals surface area contributed by atoms with Crippen molar-refractivity contribution in [2.24, 2.45) is 16.1 Å². The van der Waals surface area contributed by atoms with Crippen molar-refractivity contribution in [3.63, 3.8) is 0 Å². The first-order chi connectivity index (χ1) is 5.45. The van der Waals surface area contributed by atoms with Gasteiger partial charge >= 0.3 is 0 Å². The van der Waals surface area contributed by atoms with Crippen molar-refractivity contribution in [2.45, 2.75) is 37.8 Å². The lowest BCUT2D eigenvalue weighted by Crippen LogP contribution is -2.34. The molecule has 4 aliphatic rings. The zero-order valence-corrected chi connectivity index (χ0v) is 6.53. The smallest absolute Gasteiger partial charge is 0.0922 e. The lowest BCUT2D eigenvalue weighted by atomic mass is 9.78. The van der Waals surface area contributed by atoms with Gasteiger partial charge in [-0.3, -0.25) is 0 Å². The van der Waals surface area contributed by atoms with Gasteiger partial charge in [-0.15, -0.1) is 0 Å². The molecule has 0 N–H and O–H groups in total. The highest BCUT2D eigenvalue weighted by molar-refractivity contribution is 5.26. The number of hydrogen-bond acceptors (Lipinski definition) is 2. The minimum atomic E-state index is 0.493. The van der Waals surface area contributed by atoms with Crippen LogP contribution in [0, 0.1) is 5.92 Å². The van der Waals surface area contributed by atoms with Gasteiger partial charge in [-0.05, 0) is 31.3 Å². The van der Waals surface area contributed by atoms with Crippen molar-refractivity contribution < 1.29 is 0 Å². The Morgan fingerprint density at radius 2 is 2.18 bits per heavy atom. The molecule has 58 valence electrons. The Bertz CT molecular complexity index is 242. The number of allylic oxidation sites excluding steroid dienone is 1. The molecule has 0 radical (unpaired) electrons. The normalized spacial score (nSPS) is 45.8. The molecule has 2 heteroatoms. The molecule has 0 aromatic heterocycles. The van der Waals surface area contributed by atoms with Crippen LogP contribution in [0.5, 0.6) is 0 Å². The fraction of sp³-hybridized carbons (Fsp3) is 0.778.